The Kier molecular flexibility index (Phi) is 8.43. The molecule has 3 aromatic carbocycles. The molecular formula is C34H33NO7. The molecule has 1 aliphatic heterocycles. The van der Waals surface area contributed by atoms with Gasteiger partial charge in [0, 0.05) is 36.2 Å². The zero-order valence-corrected chi connectivity index (χ0v) is 24.1. The summed E-state index contributed by atoms with van der Waals surface area (Å²) in [6.45, 7) is 3.23. The van der Waals surface area contributed by atoms with Crippen molar-refractivity contribution in [1.82, 2.24) is 5.32 Å². The van der Waals surface area contributed by atoms with Crippen LogP contribution in [0.15, 0.2) is 95.3 Å². The van der Waals surface area contributed by atoms with Gasteiger partial charge in [-0.2, -0.15) is 0 Å². The van der Waals surface area contributed by atoms with E-state index < -0.39 is 17.9 Å². The van der Waals surface area contributed by atoms with Crippen molar-refractivity contribution in [3.05, 3.63) is 112 Å². The lowest BCUT2D eigenvalue weighted by Crippen LogP contribution is -2.36. The molecule has 1 heterocycles. The number of hydrogen-bond acceptors (Lipinski definition) is 8. The minimum atomic E-state index is -0.700. The fraction of sp³-hybridized carbons (Fsp3) is 0.265. The van der Waals surface area contributed by atoms with Gasteiger partial charge in [0.25, 0.3) is 0 Å². The Labute approximate surface area is 244 Å². The molecule has 1 N–H and O–H groups in total. The summed E-state index contributed by atoms with van der Waals surface area (Å²) >= 11 is 0. The van der Waals surface area contributed by atoms with E-state index in [9.17, 15) is 14.4 Å². The van der Waals surface area contributed by atoms with Crippen molar-refractivity contribution < 1.29 is 33.3 Å². The van der Waals surface area contributed by atoms with E-state index in [0.29, 0.717) is 34.6 Å². The van der Waals surface area contributed by atoms with E-state index in [1.54, 1.807) is 25.3 Å². The number of esters is 2. The first-order valence-electron chi connectivity index (χ1n) is 13.7. The number of ketones is 1. The van der Waals surface area contributed by atoms with Gasteiger partial charge in [-0.25, -0.2) is 4.79 Å². The molecule has 2 atom stereocenters. The summed E-state index contributed by atoms with van der Waals surface area (Å²) in [5.41, 5.74) is 4.81. The van der Waals surface area contributed by atoms with Gasteiger partial charge in [0.15, 0.2) is 17.3 Å². The van der Waals surface area contributed by atoms with Crippen LogP contribution in [-0.4, -0.2) is 31.9 Å². The van der Waals surface area contributed by atoms with Crippen molar-refractivity contribution in [1.29, 1.82) is 0 Å². The summed E-state index contributed by atoms with van der Waals surface area (Å²) in [4.78, 5) is 39.3. The van der Waals surface area contributed by atoms with E-state index in [1.165, 1.54) is 14.0 Å². The zero-order chi connectivity index (χ0) is 29.8. The van der Waals surface area contributed by atoms with Crippen molar-refractivity contribution in [2.24, 2.45) is 0 Å². The molecule has 0 spiro atoms. The molecule has 2 aliphatic rings. The number of nitrogens with one attached hydrogen (secondary N) is 1. The largest absolute Gasteiger partial charge is 0.497 e. The van der Waals surface area contributed by atoms with Crippen molar-refractivity contribution in [2.75, 3.05) is 14.2 Å². The van der Waals surface area contributed by atoms with Gasteiger partial charge in [-0.1, -0.05) is 48.5 Å². The fourth-order valence-corrected chi connectivity index (χ4v) is 5.66. The first kappa shape index (κ1) is 28.7. The first-order chi connectivity index (χ1) is 20.3. The number of dihydropyridines is 1. The van der Waals surface area contributed by atoms with Crippen LogP contribution in [0.1, 0.15) is 55.2 Å². The molecule has 5 rings (SSSR count). The van der Waals surface area contributed by atoms with Gasteiger partial charge < -0.3 is 24.3 Å². The first-order valence-corrected chi connectivity index (χ1v) is 13.7. The Morgan fingerprint density at radius 1 is 0.881 bits per heavy atom. The van der Waals surface area contributed by atoms with Gasteiger partial charge in [-0.3, -0.25) is 9.59 Å². The summed E-state index contributed by atoms with van der Waals surface area (Å²) < 4.78 is 21.9. The standard InChI is InChI=1S/C34H33NO7/c1-20-31(34(38)41-19-22-8-6-5-7-9-22)32(24-12-15-29(42-21(2)36)30(18-24)40-4)33-27(35-20)16-25(17-28(33)37)23-10-13-26(39-3)14-11-23/h5-15,18,25,32,35H,16-17,19H2,1-4H3/t25-,32-/m1/s1. The van der Waals surface area contributed by atoms with E-state index in [2.05, 4.69) is 5.32 Å². The molecule has 0 aromatic heterocycles. The van der Waals surface area contributed by atoms with Crippen LogP contribution in [0.4, 0.5) is 0 Å². The second-order valence-electron chi connectivity index (χ2n) is 10.4. The second-order valence-corrected chi connectivity index (χ2v) is 10.4. The topological polar surface area (TPSA) is 100 Å². The van der Waals surface area contributed by atoms with Crippen molar-refractivity contribution in [3.8, 4) is 17.2 Å². The third-order valence-electron chi connectivity index (χ3n) is 7.62. The summed E-state index contributed by atoms with van der Waals surface area (Å²) in [6.07, 6.45) is 0.883. The fourth-order valence-electron chi connectivity index (χ4n) is 5.66. The normalized spacial score (nSPS) is 18.1. The Bertz CT molecular complexity index is 1570. The van der Waals surface area contributed by atoms with Crippen LogP contribution in [-0.2, 0) is 25.7 Å². The van der Waals surface area contributed by atoms with E-state index in [1.807, 2.05) is 61.5 Å². The molecule has 42 heavy (non-hydrogen) atoms. The number of carbonyl (C=O) groups excluding carboxylic acids is 3. The molecule has 3 aromatic rings. The molecule has 0 bridgehead atoms. The van der Waals surface area contributed by atoms with Crippen LogP contribution in [0.2, 0.25) is 0 Å². The van der Waals surface area contributed by atoms with Crippen molar-refractivity contribution in [3.63, 3.8) is 0 Å². The lowest BCUT2D eigenvalue weighted by atomic mass is 9.71. The van der Waals surface area contributed by atoms with Crippen molar-refractivity contribution in [2.45, 2.75) is 45.1 Å². The molecule has 0 saturated heterocycles. The molecule has 0 unspecified atom stereocenters. The number of allylic oxidation sites excluding steroid dienone is 3. The predicted molar refractivity (Wildman–Crippen MR) is 156 cm³/mol. The molecule has 0 saturated carbocycles. The monoisotopic (exact) mass is 567 g/mol. The van der Waals surface area contributed by atoms with Gasteiger partial charge in [-0.15, -0.1) is 0 Å². The van der Waals surface area contributed by atoms with Crippen LogP contribution < -0.4 is 19.5 Å². The molecule has 8 heteroatoms. The number of hydrogen-bond donors (Lipinski definition) is 1. The quantitative estimate of drug-likeness (QED) is 0.272. The maximum atomic E-state index is 13.9. The van der Waals surface area contributed by atoms with Crippen LogP contribution in [0.25, 0.3) is 0 Å². The highest BCUT2D eigenvalue weighted by molar-refractivity contribution is 6.04. The third kappa shape index (κ3) is 5.93. The Balaban J connectivity index is 1.54. The van der Waals surface area contributed by atoms with Crippen LogP contribution in [0.3, 0.4) is 0 Å². The van der Waals surface area contributed by atoms with Crippen molar-refractivity contribution >= 4 is 17.7 Å². The predicted octanol–water partition coefficient (Wildman–Crippen LogP) is 5.73. The number of carbonyl (C=O) groups is 3. The lowest BCUT2D eigenvalue weighted by Gasteiger charge is -2.37. The average Bonchev–Trinajstić information content (AvgIpc) is 2.99. The maximum absolute atomic E-state index is 13.9. The van der Waals surface area contributed by atoms with Gasteiger partial charge in [-0.05, 0) is 60.2 Å². The Morgan fingerprint density at radius 2 is 1.60 bits per heavy atom. The van der Waals surface area contributed by atoms with Crippen LogP contribution in [0, 0.1) is 0 Å². The van der Waals surface area contributed by atoms with E-state index in [0.717, 1.165) is 22.6 Å². The number of Topliss-reactive ketones (excluding diaryl/α,β-unsaturated/α-hetero) is 1. The van der Waals surface area contributed by atoms with Crippen LogP contribution in [0.5, 0.6) is 17.2 Å². The minimum Gasteiger partial charge on any atom is -0.497 e. The summed E-state index contributed by atoms with van der Waals surface area (Å²) in [5.74, 6) is -0.476. The van der Waals surface area contributed by atoms with Gasteiger partial charge in [0.2, 0.25) is 0 Å². The molecule has 0 fully saturated rings. The molecule has 8 nitrogen and oxygen atoms in total. The Morgan fingerprint density at radius 3 is 2.26 bits per heavy atom. The maximum Gasteiger partial charge on any atom is 0.337 e. The molecule has 0 amide bonds. The van der Waals surface area contributed by atoms with E-state index in [-0.39, 0.29) is 30.5 Å². The Hall–Kier alpha value is -4.85. The molecule has 1 aliphatic carbocycles. The van der Waals surface area contributed by atoms with Crippen LogP contribution >= 0.6 is 0 Å². The minimum absolute atomic E-state index is 0.0319. The number of methoxy groups -OCH3 is 2. The van der Waals surface area contributed by atoms with Gasteiger partial charge in [0.1, 0.15) is 12.4 Å². The molecular weight excluding hydrogens is 534 g/mol. The van der Waals surface area contributed by atoms with E-state index in [4.69, 9.17) is 18.9 Å². The van der Waals surface area contributed by atoms with E-state index >= 15 is 0 Å². The molecule has 216 valence electrons. The van der Waals surface area contributed by atoms with Gasteiger partial charge >= 0.3 is 11.9 Å². The number of ether oxygens (including phenoxy) is 4. The lowest BCUT2D eigenvalue weighted by molar-refractivity contribution is -0.140. The highest BCUT2D eigenvalue weighted by atomic mass is 16.6. The SMILES string of the molecule is COc1ccc([C@H]2CC(=O)C3=C(C2)NC(C)=C(C(=O)OCc2ccccc2)[C@H]3c2ccc(OC(C)=O)c(OC)c2)cc1. The smallest absolute Gasteiger partial charge is 0.337 e. The second kappa shape index (κ2) is 12.3. The third-order valence-corrected chi connectivity index (χ3v) is 7.62. The molecule has 0 radical (unpaired) electrons. The highest BCUT2D eigenvalue weighted by Crippen LogP contribution is 2.47. The highest BCUT2D eigenvalue weighted by Gasteiger charge is 2.41. The summed E-state index contributed by atoms with van der Waals surface area (Å²) in [5, 5.41) is 3.38. The average molecular weight is 568 g/mol. The summed E-state index contributed by atoms with van der Waals surface area (Å²) in [7, 11) is 3.09. The number of benzene rings is 3. The van der Waals surface area contributed by atoms with Gasteiger partial charge in [0.05, 0.1) is 19.8 Å². The number of rotatable bonds is 8. The zero-order valence-electron chi connectivity index (χ0n) is 24.1. The summed E-state index contributed by atoms with van der Waals surface area (Å²) in [6, 6.07) is 22.3.